The molecule has 1 fully saturated rings. The fourth-order valence-electron chi connectivity index (χ4n) is 1.34. The first kappa shape index (κ1) is 9.01. The third kappa shape index (κ3) is 2.17. The standard InChI is InChI=1S/C9H18O2/c1-6(2)8(10)4-7-5-9(7,3)11/h6-8,10-11H,4-5H2,1-3H3/t7-,8?,9+/m1/s1. The molecule has 3 atom stereocenters. The van der Waals surface area contributed by atoms with Crippen molar-refractivity contribution >= 4 is 0 Å². The van der Waals surface area contributed by atoms with Gasteiger partial charge in [-0.15, -0.1) is 0 Å². The van der Waals surface area contributed by atoms with Crippen LogP contribution in [0.4, 0.5) is 0 Å². The van der Waals surface area contributed by atoms with Gasteiger partial charge >= 0.3 is 0 Å². The average molecular weight is 158 g/mol. The van der Waals surface area contributed by atoms with E-state index in [1.54, 1.807) is 0 Å². The minimum Gasteiger partial charge on any atom is -0.393 e. The predicted molar refractivity (Wildman–Crippen MR) is 44.2 cm³/mol. The van der Waals surface area contributed by atoms with Gasteiger partial charge in [-0.25, -0.2) is 0 Å². The van der Waals surface area contributed by atoms with Crippen molar-refractivity contribution in [2.45, 2.75) is 45.3 Å². The van der Waals surface area contributed by atoms with Crippen LogP contribution in [0.3, 0.4) is 0 Å². The van der Waals surface area contributed by atoms with Crippen LogP contribution in [0, 0.1) is 11.8 Å². The van der Waals surface area contributed by atoms with Crippen molar-refractivity contribution in [3.8, 4) is 0 Å². The van der Waals surface area contributed by atoms with E-state index in [1.807, 2.05) is 20.8 Å². The van der Waals surface area contributed by atoms with E-state index in [1.165, 1.54) is 0 Å². The van der Waals surface area contributed by atoms with Gasteiger partial charge < -0.3 is 10.2 Å². The van der Waals surface area contributed by atoms with Crippen molar-refractivity contribution in [3.63, 3.8) is 0 Å². The SMILES string of the molecule is CC(C)C(O)C[C@@H]1C[C@]1(C)O. The summed E-state index contributed by atoms with van der Waals surface area (Å²) in [7, 11) is 0. The van der Waals surface area contributed by atoms with Crippen LogP contribution in [0.5, 0.6) is 0 Å². The quantitative estimate of drug-likeness (QED) is 0.647. The van der Waals surface area contributed by atoms with Crippen LogP contribution < -0.4 is 0 Å². The van der Waals surface area contributed by atoms with Crippen molar-refractivity contribution in [2.24, 2.45) is 11.8 Å². The molecule has 11 heavy (non-hydrogen) atoms. The van der Waals surface area contributed by atoms with E-state index in [4.69, 9.17) is 0 Å². The fraction of sp³-hybridized carbons (Fsp3) is 1.00. The second kappa shape index (κ2) is 2.76. The molecule has 1 aliphatic carbocycles. The third-order valence-electron chi connectivity index (χ3n) is 2.67. The zero-order chi connectivity index (χ0) is 8.65. The van der Waals surface area contributed by atoms with E-state index >= 15 is 0 Å². The zero-order valence-corrected chi connectivity index (χ0v) is 7.54. The molecule has 0 bridgehead atoms. The summed E-state index contributed by atoms with van der Waals surface area (Å²) in [5.41, 5.74) is -0.476. The lowest BCUT2D eigenvalue weighted by Gasteiger charge is -2.14. The molecule has 0 spiro atoms. The van der Waals surface area contributed by atoms with Gasteiger partial charge in [-0.3, -0.25) is 0 Å². The van der Waals surface area contributed by atoms with Gasteiger partial charge in [-0.1, -0.05) is 13.8 Å². The first-order valence-corrected chi connectivity index (χ1v) is 4.34. The van der Waals surface area contributed by atoms with Gasteiger partial charge in [0.2, 0.25) is 0 Å². The van der Waals surface area contributed by atoms with Crippen molar-refractivity contribution in [1.82, 2.24) is 0 Å². The van der Waals surface area contributed by atoms with E-state index in [0.29, 0.717) is 11.8 Å². The Morgan fingerprint density at radius 2 is 2.00 bits per heavy atom. The summed E-state index contributed by atoms with van der Waals surface area (Å²) in [6.45, 7) is 5.84. The van der Waals surface area contributed by atoms with E-state index in [-0.39, 0.29) is 6.10 Å². The molecule has 1 unspecified atom stereocenters. The van der Waals surface area contributed by atoms with E-state index < -0.39 is 5.60 Å². The number of hydrogen-bond acceptors (Lipinski definition) is 2. The third-order valence-corrected chi connectivity index (χ3v) is 2.67. The number of aliphatic hydroxyl groups excluding tert-OH is 1. The molecular formula is C9H18O2. The first-order chi connectivity index (χ1) is 4.93. The zero-order valence-electron chi connectivity index (χ0n) is 7.54. The van der Waals surface area contributed by atoms with Crippen LogP contribution in [0.1, 0.15) is 33.6 Å². The molecule has 2 N–H and O–H groups in total. The van der Waals surface area contributed by atoms with Crippen LogP contribution in [-0.4, -0.2) is 21.9 Å². The van der Waals surface area contributed by atoms with E-state index in [0.717, 1.165) is 12.8 Å². The number of hydrogen-bond donors (Lipinski definition) is 2. The molecule has 0 aliphatic heterocycles. The van der Waals surface area contributed by atoms with Crippen LogP contribution in [0.15, 0.2) is 0 Å². The second-order valence-electron chi connectivity index (χ2n) is 4.31. The van der Waals surface area contributed by atoms with Crippen LogP contribution in [-0.2, 0) is 0 Å². The Hall–Kier alpha value is -0.0800. The van der Waals surface area contributed by atoms with E-state index in [2.05, 4.69) is 0 Å². The molecule has 0 aromatic rings. The highest BCUT2D eigenvalue weighted by Crippen LogP contribution is 2.46. The minimum absolute atomic E-state index is 0.242. The molecule has 2 nitrogen and oxygen atoms in total. The summed E-state index contributed by atoms with van der Waals surface area (Å²) >= 11 is 0. The molecule has 0 aromatic carbocycles. The van der Waals surface area contributed by atoms with Crippen LogP contribution in [0.25, 0.3) is 0 Å². The van der Waals surface area contributed by atoms with Crippen molar-refractivity contribution < 1.29 is 10.2 Å². The highest BCUT2D eigenvalue weighted by molar-refractivity contribution is 5.00. The number of rotatable bonds is 3. The van der Waals surface area contributed by atoms with Gasteiger partial charge in [0.1, 0.15) is 0 Å². The second-order valence-corrected chi connectivity index (χ2v) is 4.31. The Morgan fingerprint density at radius 3 is 2.27 bits per heavy atom. The van der Waals surface area contributed by atoms with Gasteiger partial charge in [0, 0.05) is 0 Å². The molecule has 0 heterocycles. The predicted octanol–water partition coefficient (Wildman–Crippen LogP) is 1.16. The first-order valence-electron chi connectivity index (χ1n) is 4.34. The summed E-state index contributed by atoms with van der Waals surface area (Å²) in [5, 5.41) is 18.9. The minimum atomic E-state index is -0.476. The highest BCUT2D eigenvalue weighted by Gasteiger charge is 2.48. The Kier molecular flexibility index (Phi) is 2.26. The average Bonchev–Trinajstić information content (AvgIpc) is 2.39. The summed E-state index contributed by atoms with van der Waals surface area (Å²) < 4.78 is 0. The summed E-state index contributed by atoms with van der Waals surface area (Å²) in [6.07, 6.45) is 1.37. The Labute approximate surface area is 68.2 Å². The van der Waals surface area contributed by atoms with Gasteiger partial charge in [-0.2, -0.15) is 0 Å². The molecule has 0 radical (unpaired) electrons. The smallest absolute Gasteiger partial charge is 0.0653 e. The van der Waals surface area contributed by atoms with Crippen LogP contribution in [0.2, 0.25) is 0 Å². The maximum atomic E-state index is 9.46. The molecule has 0 aromatic heterocycles. The molecular weight excluding hydrogens is 140 g/mol. The van der Waals surface area contributed by atoms with Crippen molar-refractivity contribution in [1.29, 1.82) is 0 Å². The Balaban J connectivity index is 2.23. The highest BCUT2D eigenvalue weighted by atomic mass is 16.3. The van der Waals surface area contributed by atoms with Crippen molar-refractivity contribution in [3.05, 3.63) is 0 Å². The Bertz CT molecular complexity index is 140. The lowest BCUT2D eigenvalue weighted by molar-refractivity contribution is 0.0861. The van der Waals surface area contributed by atoms with E-state index in [9.17, 15) is 10.2 Å². The molecule has 1 aliphatic rings. The molecule has 66 valence electrons. The van der Waals surface area contributed by atoms with Gasteiger partial charge in [0.15, 0.2) is 0 Å². The van der Waals surface area contributed by atoms with Gasteiger partial charge in [0.25, 0.3) is 0 Å². The lowest BCUT2D eigenvalue weighted by Crippen LogP contribution is -2.17. The normalized spacial score (nSPS) is 39.3. The van der Waals surface area contributed by atoms with Gasteiger partial charge in [-0.05, 0) is 31.6 Å². The molecule has 0 amide bonds. The molecule has 1 rings (SSSR count). The molecule has 1 saturated carbocycles. The summed E-state index contributed by atoms with van der Waals surface area (Å²) in [6, 6.07) is 0. The maximum absolute atomic E-state index is 9.46. The monoisotopic (exact) mass is 158 g/mol. The summed E-state index contributed by atoms with van der Waals surface area (Å²) in [4.78, 5) is 0. The fourth-order valence-corrected chi connectivity index (χ4v) is 1.34. The topological polar surface area (TPSA) is 40.5 Å². The summed E-state index contributed by atoms with van der Waals surface area (Å²) in [5.74, 6) is 0.645. The largest absolute Gasteiger partial charge is 0.393 e. The lowest BCUT2D eigenvalue weighted by atomic mass is 10.0. The molecule has 2 heteroatoms. The van der Waals surface area contributed by atoms with Crippen molar-refractivity contribution in [2.75, 3.05) is 0 Å². The number of aliphatic hydroxyl groups is 2. The Morgan fingerprint density at radius 1 is 1.55 bits per heavy atom. The van der Waals surface area contributed by atoms with Crippen LogP contribution >= 0.6 is 0 Å². The maximum Gasteiger partial charge on any atom is 0.0653 e. The molecule has 0 saturated heterocycles. The van der Waals surface area contributed by atoms with Gasteiger partial charge in [0.05, 0.1) is 11.7 Å².